The second kappa shape index (κ2) is 5.20. The van der Waals surface area contributed by atoms with Crippen LogP contribution in [-0.2, 0) is 6.42 Å². The van der Waals surface area contributed by atoms with E-state index in [1.165, 1.54) is 0 Å². The fourth-order valence-electron chi connectivity index (χ4n) is 2.07. The molecule has 0 bridgehead atoms. The van der Waals surface area contributed by atoms with Crippen molar-refractivity contribution in [2.24, 2.45) is 0 Å². The third-order valence-corrected chi connectivity index (χ3v) is 3.89. The zero-order valence-electron chi connectivity index (χ0n) is 11.0. The first-order chi connectivity index (χ1) is 9.69. The summed E-state index contributed by atoms with van der Waals surface area (Å²) in [5.74, 6) is 1.02. The molecule has 0 fully saturated rings. The molecule has 6 heteroatoms. The average molecular weight is 332 g/mol. The Hall–Kier alpha value is -1.95. The van der Waals surface area contributed by atoms with Crippen LogP contribution in [0.4, 0.5) is 5.82 Å². The van der Waals surface area contributed by atoms with Gasteiger partial charge >= 0.3 is 0 Å². The number of hydrogen-bond acceptors (Lipinski definition) is 4. The Balaban J connectivity index is 2.13. The second-order valence-corrected chi connectivity index (χ2v) is 5.33. The van der Waals surface area contributed by atoms with Crippen molar-refractivity contribution in [3.05, 3.63) is 40.8 Å². The Bertz CT molecular complexity index is 732. The fraction of sp³-hybridized carbons (Fsp3) is 0.214. The molecule has 3 aromatic rings. The van der Waals surface area contributed by atoms with Crippen LogP contribution in [0.3, 0.4) is 0 Å². The molecule has 20 heavy (non-hydrogen) atoms. The standard InChI is InChI=1S/C14H14BrN5/c1-2-5-9-12(15)13(16)19-14(18-9)10-8-20-7-4-3-6-11(20)17-10/h3-4,6-8H,2,5H2,1H3,(H2,16,18,19). The molecule has 0 amide bonds. The van der Waals surface area contributed by atoms with Gasteiger partial charge in [-0.3, -0.25) is 0 Å². The van der Waals surface area contributed by atoms with Crippen LogP contribution in [-0.4, -0.2) is 19.4 Å². The van der Waals surface area contributed by atoms with E-state index in [1.54, 1.807) is 0 Å². The molecule has 0 radical (unpaired) electrons. The van der Waals surface area contributed by atoms with Gasteiger partial charge in [0.25, 0.3) is 0 Å². The van der Waals surface area contributed by atoms with Crippen molar-refractivity contribution in [2.75, 3.05) is 5.73 Å². The van der Waals surface area contributed by atoms with Crippen molar-refractivity contribution >= 4 is 27.4 Å². The van der Waals surface area contributed by atoms with Gasteiger partial charge in [-0.15, -0.1) is 0 Å². The summed E-state index contributed by atoms with van der Waals surface area (Å²) in [6, 6.07) is 5.85. The van der Waals surface area contributed by atoms with E-state index in [0.717, 1.165) is 34.3 Å². The lowest BCUT2D eigenvalue weighted by atomic mass is 10.2. The Morgan fingerprint density at radius 2 is 2.10 bits per heavy atom. The highest BCUT2D eigenvalue weighted by Gasteiger charge is 2.13. The van der Waals surface area contributed by atoms with Gasteiger partial charge in [0, 0.05) is 12.4 Å². The average Bonchev–Trinajstić information content (AvgIpc) is 2.87. The number of aryl methyl sites for hydroxylation is 1. The maximum Gasteiger partial charge on any atom is 0.182 e. The number of hydrogen-bond donors (Lipinski definition) is 1. The molecule has 0 saturated heterocycles. The summed E-state index contributed by atoms with van der Waals surface area (Å²) < 4.78 is 2.73. The Kier molecular flexibility index (Phi) is 3.40. The van der Waals surface area contributed by atoms with Crippen molar-refractivity contribution < 1.29 is 0 Å². The topological polar surface area (TPSA) is 69.1 Å². The molecule has 3 heterocycles. The second-order valence-electron chi connectivity index (χ2n) is 4.54. The van der Waals surface area contributed by atoms with Crippen molar-refractivity contribution in [1.29, 1.82) is 0 Å². The van der Waals surface area contributed by atoms with E-state index in [2.05, 4.69) is 37.8 Å². The quantitative estimate of drug-likeness (QED) is 0.800. The number of halogens is 1. The van der Waals surface area contributed by atoms with E-state index >= 15 is 0 Å². The molecular formula is C14H14BrN5. The van der Waals surface area contributed by atoms with Crippen molar-refractivity contribution in [3.63, 3.8) is 0 Å². The maximum atomic E-state index is 5.95. The molecule has 3 rings (SSSR count). The van der Waals surface area contributed by atoms with Gasteiger partial charge < -0.3 is 10.1 Å². The summed E-state index contributed by atoms with van der Waals surface area (Å²) in [7, 11) is 0. The third-order valence-electron chi connectivity index (χ3n) is 3.03. The summed E-state index contributed by atoms with van der Waals surface area (Å²) in [6.07, 6.45) is 5.71. The summed E-state index contributed by atoms with van der Waals surface area (Å²) in [6.45, 7) is 2.11. The van der Waals surface area contributed by atoms with Crippen LogP contribution < -0.4 is 5.73 Å². The normalized spacial score (nSPS) is 11.1. The first-order valence-electron chi connectivity index (χ1n) is 6.45. The molecule has 0 aliphatic carbocycles. The Morgan fingerprint density at radius 3 is 2.85 bits per heavy atom. The molecule has 102 valence electrons. The number of nitrogens with zero attached hydrogens (tertiary/aromatic N) is 4. The van der Waals surface area contributed by atoms with Crippen LogP contribution >= 0.6 is 15.9 Å². The van der Waals surface area contributed by atoms with Gasteiger partial charge in [-0.1, -0.05) is 19.4 Å². The highest BCUT2D eigenvalue weighted by atomic mass is 79.9. The maximum absolute atomic E-state index is 5.95. The SMILES string of the molecule is CCCc1nc(-c2cn3ccccc3n2)nc(N)c1Br. The predicted molar refractivity (Wildman–Crippen MR) is 82.3 cm³/mol. The molecule has 0 aromatic carbocycles. The number of imidazole rings is 1. The van der Waals surface area contributed by atoms with E-state index in [4.69, 9.17) is 5.73 Å². The molecular weight excluding hydrogens is 318 g/mol. The molecule has 0 unspecified atom stereocenters. The van der Waals surface area contributed by atoms with Crippen molar-refractivity contribution in [3.8, 4) is 11.5 Å². The van der Waals surface area contributed by atoms with E-state index in [9.17, 15) is 0 Å². The third kappa shape index (κ3) is 2.27. The van der Waals surface area contributed by atoms with Crippen LogP contribution in [0.2, 0.25) is 0 Å². The minimum absolute atomic E-state index is 0.454. The molecule has 5 nitrogen and oxygen atoms in total. The molecule has 0 atom stereocenters. The van der Waals surface area contributed by atoms with Crippen LogP contribution in [0.25, 0.3) is 17.2 Å². The monoisotopic (exact) mass is 331 g/mol. The van der Waals surface area contributed by atoms with Gasteiger partial charge in [0.2, 0.25) is 0 Å². The largest absolute Gasteiger partial charge is 0.383 e. The van der Waals surface area contributed by atoms with Gasteiger partial charge in [0.05, 0.1) is 10.2 Å². The number of fused-ring (bicyclic) bond motifs is 1. The minimum Gasteiger partial charge on any atom is -0.383 e. The smallest absolute Gasteiger partial charge is 0.182 e. The Labute approximate surface area is 125 Å². The highest BCUT2D eigenvalue weighted by Crippen LogP contribution is 2.25. The zero-order chi connectivity index (χ0) is 14.1. The van der Waals surface area contributed by atoms with Crippen molar-refractivity contribution in [2.45, 2.75) is 19.8 Å². The van der Waals surface area contributed by atoms with Crippen molar-refractivity contribution in [1.82, 2.24) is 19.4 Å². The van der Waals surface area contributed by atoms with Gasteiger partial charge in [-0.2, -0.15) is 0 Å². The van der Waals surface area contributed by atoms with E-state index in [1.807, 2.05) is 35.0 Å². The van der Waals surface area contributed by atoms with E-state index < -0.39 is 0 Å². The molecule has 0 aliphatic rings. The van der Waals surface area contributed by atoms with Gasteiger partial charge in [0.1, 0.15) is 17.2 Å². The fourth-order valence-corrected chi connectivity index (χ4v) is 2.45. The molecule has 3 aromatic heterocycles. The van der Waals surface area contributed by atoms with E-state index in [-0.39, 0.29) is 0 Å². The lowest BCUT2D eigenvalue weighted by Crippen LogP contribution is -2.03. The number of nitrogen functional groups attached to an aromatic ring is 1. The molecule has 2 N–H and O–H groups in total. The predicted octanol–water partition coefficient (Wildman–Crippen LogP) is 3.09. The Morgan fingerprint density at radius 1 is 1.25 bits per heavy atom. The van der Waals surface area contributed by atoms with Crippen LogP contribution in [0.5, 0.6) is 0 Å². The summed E-state index contributed by atoms with van der Waals surface area (Å²) in [5.41, 5.74) is 8.47. The van der Waals surface area contributed by atoms with E-state index in [0.29, 0.717) is 11.6 Å². The number of nitrogens with two attached hydrogens (primary N) is 1. The molecule has 0 aliphatic heterocycles. The minimum atomic E-state index is 0.454. The van der Waals surface area contributed by atoms with Gasteiger partial charge in [0.15, 0.2) is 5.82 Å². The lowest BCUT2D eigenvalue weighted by Gasteiger charge is -2.06. The zero-order valence-corrected chi connectivity index (χ0v) is 12.6. The van der Waals surface area contributed by atoms with Gasteiger partial charge in [-0.25, -0.2) is 15.0 Å². The van der Waals surface area contributed by atoms with Gasteiger partial charge in [-0.05, 0) is 34.5 Å². The summed E-state index contributed by atoms with van der Waals surface area (Å²) in [4.78, 5) is 13.4. The number of pyridine rings is 1. The van der Waals surface area contributed by atoms with Crippen LogP contribution in [0.1, 0.15) is 19.0 Å². The first-order valence-corrected chi connectivity index (χ1v) is 7.24. The molecule has 0 spiro atoms. The summed E-state index contributed by atoms with van der Waals surface area (Å²) >= 11 is 3.45. The lowest BCUT2D eigenvalue weighted by molar-refractivity contribution is 0.869. The molecule has 0 saturated carbocycles. The number of anilines is 1. The van der Waals surface area contributed by atoms with Crippen LogP contribution in [0.15, 0.2) is 35.1 Å². The summed E-state index contributed by atoms with van der Waals surface area (Å²) in [5, 5.41) is 0. The highest BCUT2D eigenvalue weighted by molar-refractivity contribution is 9.10. The first kappa shape index (κ1) is 13.1. The number of rotatable bonds is 3. The number of aromatic nitrogens is 4. The van der Waals surface area contributed by atoms with Crippen LogP contribution in [0, 0.1) is 0 Å².